The molecule has 0 aliphatic rings. The van der Waals surface area contributed by atoms with E-state index in [1.165, 1.54) is 18.2 Å². The molecule has 0 N–H and O–H groups in total. The lowest BCUT2D eigenvalue weighted by Gasteiger charge is -2.10. The summed E-state index contributed by atoms with van der Waals surface area (Å²) in [7, 11) is 1.69. The number of fused-ring (bicyclic) bond motifs is 1. The van der Waals surface area contributed by atoms with Crippen molar-refractivity contribution in [1.82, 2.24) is 14.6 Å². The van der Waals surface area contributed by atoms with Crippen molar-refractivity contribution >= 4 is 17.4 Å². The molecule has 0 aliphatic carbocycles. The Morgan fingerprint density at radius 1 is 1.35 bits per heavy atom. The summed E-state index contributed by atoms with van der Waals surface area (Å²) >= 11 is 0. The molecule has 0 saturated carbocycles. The first-order valence-electron chi connectivity index (χ1n) is 8.10. The van der Waals surface area contributed by atoms with Crippen LogP contribution in [0.25, 0.3) is 22.5 Å². The average molecular weight is 356 g/mol. The van der Waals surface area contributed by atoms with Crippen LogP contribution in [0.2, 0.25) is 0 Å². The van der Waals surface area contributed by atoms with Crippen molar-refractivity contribution in [3.05, 3.63) is 54.1 Å². The zero-order valence-electron chi connectivity index (χ0n) is 14.5. The Kier molecular flexibility index (Phi) is 5.36. The molecular weight excluding hydrogens is 338 g/mol. The molecule has 0 amide bonds. The van der Waals surface area contributed by atoms with Gasteiger partial charge in [0.05, 0.1) is 11.9 Å². The third-order valence-electron chi connectivity index (χ3n) is 3.81. The Balaban J connectivity index is 2.14. The number of ether oxygens (including phenoxy) is 1. The van der Waals surface area contributed by atoms with Crippen molar-refractivity contribution in [2.24, 2.45) is 4.99 Å². The third-order valence-corrected chi connectivity index (χ3v) is 3.81. The summed E-state index contributed by atoms with van der Waals surface area (Å²) in [6.45, 7) is 1.17. The van der Waals surface area contributed by atoms with Crippen LogP contribution in [0.4, 0.5) is 8.78 Å². The smallest absolute Gasteiger partial charge is 0.163 e. The summed E-state index contributed by atoms with van der Waals surface area (Å²) in [5.41, 5.74) is 3.26. The number of aliphatic imine (C=N–C) groups is 1. The Morgan fingerprint density at radius 3 is 2.92 bits per heavy atom. The maximum atomic E-state index is 13.8. The lowest BCUT2D eigenvalue weighted by Crippen LogP contribution is -2.01. The van der Waals surface area contributed by atoms with Crippen molar-refractivity contribution < 1.29 is 13.5 Å². The fourth-order valence-corrected chi connectivity index (χ4v) is 2.64. The Morgan fingerprint density at radius 2 is 2.19 bits per heavy atom. The van der Waals surface area contributed by atoms with E-state index in [1.807, 2.05) is 13.0 Å². The highest BCUT2D eigenvalue weighted by atomic mass is 19.1. The largest absolute Gasteiger partial charge is 0.490 e. The molecule has 3 rings (SSSR count). The fourth-order valence-electron chi connectivity index (χ4n) is 2.64. The zero-order chi connectivity index (χ0) is 18.5. The molecule has 3 aromatic rings. The van der Waals surface area contributed by atoms with E-state index in [0.717, 1.165) is 11.1 Å². The fraction of sp³-hybridized carbons (Fsp3) is 0.211. The second kappa shape index (κ2) is 7.86. The summed E-state index contributed by atoms with van der Waals surface area (Å²) in [5, 5.41) is 4.29. The molecule has 0 spiro atoms. The lowest BCUT2D eigenvalue weighted by molar-refractivity contribution is 0.274. The molecule has 134 valence electrons. The van der Waals surface area contributed by atoms with Crippen LogP contribution in [0.3, 0.4) is 0 Å². The molecule has 26 heavy (non-hydrogen) atoms. The summed E-state index contributed by atoms with van der Waals surface area (Å²) in [4.78, 5) is 8.67. The van der Waals surface area contributed by atoms with Crippen molar-refractivity contribution in [3.8, 4) is 17.0 Å². The number of hydrogen-bond donors (Lipinski definition) is 0. The Hall–Kier alpha value is -3.09. The quantitative estimate of drug-likeness (QED) is 0.628. The van der Waals surface area contributed by atoms with Crippen molar-refractivity contribution in [2.45, 2.75) is 6.92 Å². The summed E-state index contributed by atoms with van der Waals surface area (Å²) in [6.07, 6.45) is 7.08. The molecule has 7 heteroatoms. The maximum absolute atomic E-state index is 13.8. The van der Waals surface area contributed by atoms with Gasteiger partial charge in [-0.25, -0.2) is 18.3 Å². The van der Waals surface area contributed by atoms with Gasteiger partial charge in [-0.1, -0.05) is 6.08 Å². The van der Waals surface area contributed by atoms with Gasteiger partial charge in [-0.3, -0.25) is 4.99 Å². The van der Waals surface area contributed by atoms with Crippen LogP contribution in [0.5, 0.6) is 5.75 Å². The van der Waals surface area contributed by atoms with Gasteiger partial charge >= 0.3 is 0 Å². The van der Waals surface area contributed by atoms with E-state index >= 15 is 0 Å². The second-order valence-corrected chi connectivity index (χ2v) is 5.45. The minimum absolute atomic E-state index is 0.103. The predicted octanol–water partition coefficient (Wildman–Crippen LogP) is 3.99. The molecule has 1 aromatic carbocycles. The summed E-state index contributed by atoms with van der Waals surface area (Å²) < 4.78 is 33.3. The molecule has 0 fully saturated rings. The maximum Gasteiger partial charge on any atom is 0.163 e. The molecular formula is C19H18F2N4O. The molecule has 0 radical (unpaired) electrons. The molecule has 2 aromatic heterocycles. The first-order valence-corrected chi connectivity index (χ1v) is 8.10. The molecule has 5 nitrogen and oxygen atoms in total. The zero-order valence-corrected chi connectivity index (χ0v) is 14.5. The van der Waals surface area contributed by atoms with Gasteiger partial charge in [-0.2, -0.15) is 5.10 Å². The molecule has 0 aliphatic heterocycles. The number of rotatable bonds is 6. The van der Waals surface area contributed by atoms with Crippen LogP contribution in [0, 0.1) is 5.82 Å². The highest BCUT2D eigenvalue weighted by molar-refractivity contribution is 6.11. The number of halogens is 2. The van der Waals surface area contributed by atoms with Crippen LogP contribution in [-0.2, 0) is 0 Å². The number of nitrogens with zero attached hydrogens (tertiary/aromatic N) is 4. The second-order valence-electron chi connectivity index (χ2n) is 5.45. The van der Waals surface area contributed by atoms with Gasteiger partial charge in [0.2, 0.25) is 0 Å². The van der Waals surface area contributed by atoms with E-state index in [-0.39, 0.29) is 6.61 Å². The standard InChI is InChI=1S/C19H18F2N4O/c1-3-13(11-22-2)16-12-23-25-8-6-17(24-19(16)25)15-10-14(21)4-5-18(15)26-9-7-20/h3-6,8,10-12H,7,9H2,1-2H3/b13-3+,22-11?. The molecule has 0 atom stereocenters. The summed E-state index contributed by atoms with van der Waals surface area (Å²) in [5.74, 6) is -0.0430. The van der Waals surface area contributed by atoms with Gasteiger partial charge in [0.25, 0.3) is 0 Å². The minimum Gasteiger partial charge on any atom is -0.490 e. The molecule has 2 heterocycles. The number of hydrogen-bond acceptors (Lipinski definition) is 4. The van der Waals surface area contributed by atoms with Gasteiger partial charge in [0.15, 0.2) is 5.65 Å². The first kappa shape index (κ1) is 17.7. The van der Waals surface area contributed by atoms with Crippen LogP contribution in [-0.4, -0.2) is 41.1 Å². The highest BCUT2D eigenvalue weighted by Gasteiger charge is 2.14. The monoisotopic (exact) mass is 356 g/mol. The van der Waals surface area contributed by atoms with Crippen molar-refractivity contribution in [3.63, 3.8) is 0 Å². The molecule has 0 bridgehead atoms. The Labute approximate surface area is 149 Å². The Bertz CT molecular complexity index is 979. The van der Waals surface area contributed by atoms with Crippen molar-refractivity contribution in [1.29, 1.82) is 0 Å². The van der Waals surface area contributed by atoms with Crippen LogP contribution < -0.4 is 4.74 Å². The van der Waals surface area contributed by atoms with E-state index in [2.05, 4.69) is 15.1 Å². The van der Waals surface area contributed by atoms with E-state index in [1.54, 1.807) is 36.2 Å². The van der Waals surface area contributed by atoms with Gasteiger partial charge in [0.1, 0.15) is 24.8 Å². The molecule has 0 saturated heterocycles. The van der Waals surface area contributed by atoms with E-state index in [9.17, 15) is 8.78 Å². The highest BCUT2D eigenvalue weighted by Crippen LogP contribution is 2.30. The number of aromatic nitrogens is 3. The SMILES string of the molecule is C/C=C(\C=NC)c1cnn2ccc(-c3cc(F)ccc3OCCF)nc12. The van der Waals surface area contributed by atoms with Crippen molar-refractivity contribution in [2.75, 3.05) is 20.3 Å². The average Bonchev–Trinajstić information content (AvgIpc) is 3.08. The number of alkyl halides is 1. The van der Waals surface area contributed by atoms with Gasteiger partial charge in [-0.05, 0) is 31.2 Å². The minimum atomic E-state index is -0.628. The topological polar surface area (TPSA) is 51.8 Å². The third kappa shape index (κ3) is 3.46. The van der Waals surface area contributed by atoms with Gasteiger partial charge < -0.3 is 4.74 Å². The number of allylic oxidation sites excluding steroid dienone is 2. The normalized spacial score (nSPS) is 12.2. The first-order chi connectivity index (χ1) is 12.7. The van der Waals surface area contributed by atoms with Crippen LogP contribution in [0.15, 0.2) is 47.7 Å². The van der Waals surface area contributed by atoms with E-state index < -0.39 is 12.5 Å². The van der Waals surface area contributed by atoms with E-state index in [4.69, 9.17) is 4.74 Å². The molecule has 0 unspecified atom stereocenters. The van der Waals surface area contributed by atoms with Crippen LogP contribution >= 0.6 is 0 Å². The predicted molar refractivity (Wildman–Crippen MR) is 97.9 cm³/mol. The van der Waals surface area contributed by atoms with Gasteiger partial charge in [0, 0.05) is 36.2 Å². The number of benzene rings is 1. The lowest BCUT2D eigenvalue weighted by atomic mass is 10.1. The van der Waals surface area contributed by atoms with Crippen LogP contribution in [0.1, 0.15) is 12.5 Å². The van der Waals surface area contributed by atoms with E-state index in [0.29, 0.717) is 22.7 Å². The summed E-state index contributed by atoms with van der Waals surface area (Å²) in [6, 6.07) is 5.79. The van der Waals surface area contributed by atoms with Gasteiger partial charge in [-0.15, -0.1) is 0 Å².